The third-order valence-electron chi connectivity index (χ3n) is 5.27. The zero-order valence-electron chi connectivity index (χ0n) is 17.8. The zero-order valence-corrected chi connectivity index (χ0v) is 17.8. The van der Waals surface area contributed by atoms with Crippen LogP contribution in [-0.2, 0) is 4.79 Å². The monoisotopic (exact) mass is 408 g/mol. The molecule has 2 heterocycles. The van der Waals surface area contributed by atoms with Crippen molar-refractivity contribution in [2.24, 2.45) is 11.8 Å². The van der Waals surface area contributed by atoms with E-state index in [9.17, 15) is 4.79 Å². The van der Waals surface area contributed by atoms with Crippen molar-refractivity contribution < 1.29 is 9.53 Å². The summed E-state index contributed by atoms with van der Waals surface area (Å²) in [7, 11) is 5.16. The quantitative estimate of drug-likeness (QED) is 0.573. The van der Waals surface area contributed by atoms with Crippen LogP contribution in [0.25, 0.3) is 0 Å². The molecule has 3 rings (SSSR count). The van der Waals surface area contributed by atoms with E-state index in [1.165, 1.54) is 0 Å². The lowest BCUT2D eigenvalue weighted by molar-refractivity contribution is -0.122. The molecule has 3 N–H and O–H groups in total. The first-order valence-corrected chi connectivity index (χ1v) is 10.1. The molecule has 0 radical (unpaired) electrons. The Morgan fingerprint density at radius 3 is 2.70 bits per heavy atom. The van der Waals surface area contributed by atoms with Crippen LogP contribution in [0.5, 0.6) is 5.88 Å². The van der Waals surface area contributed by atoms with Crippen LogP contribution in [0, 0.1) is 23.7 Å². The molecule has 30 heavy (non-hydrogen) atoms. The summed E-state index contributed by atoms with van der Waals surface area (Å²) in [6, 6.07) is 3.56. The Bertz CT molecular complexity index is 929. The van der Waals surface area contributed by atoms with Gasteiger partial charge in [-0.2, -0.15) is 4.98 Å². The van der Waals surface area contributed by atoms with Gasteiger partial charge in [-0.3, -0.25) is 4.79 Å². The highest BCUT2D eigenvalue weighted by atomic mass is 16.5. The smallest absolute Gasteiger partial charge is 0.224 e. The van der Waals surface area contributed by atoms with Gasteiger partial charge in [-0.1, -0.05) is 11.8 Å². The van der Waals surface area contributed by atoms with Crippen LogP contribution in [0.1, 0.15) is 31.7 Å². The second kappa shape index (κ2) is 10.0. The van der Waals surface area contributed by atoms with E-state index in [4.69, 9.17) is 4.74 Å². The van der Waals surface area contributed by atoms with Gasteiger partial charge in [0, 0.05) is 25.5 Å². The zero-order chi connectivity index (χ0) is 21.5. The molecule has 158 valence electrons. The van der Waals surface area contributed by atoms with Crippen molar-refractivity contribution in [2.75, 3.05) is 31.8 Å². The van der Waals surface area contributed by atoms with Gasteiger partial charge in [-0.05, 0) is 38.8 Å². The van der Waals surface area contributed by atoms with Gasteiger partial charge in [0.25, 0.3) is 0 Å². The van der Waals surface area contributed by atoms with Crippen LogP contribution in [0.4, 0.5) is 17.5 Å². The molecule has 0 aromatic carbocycles. The Morgan fingerprint density at radius 2 is 2.07 bits per heavy atom. The summed E-state index contributed by atoms with van der Waals surface area (Å²) in [6.45, 7) is 1.90. The van der Waals surface area contributed by atoms with E-state index < -0.39 is 0 Å². The molecule has 2 aromatic heterocycles. The third-order valence-corrected chi connectivity index (χ3v) is 5.27. The molecule has 1 aliphatic rings. The molecule has 8 heteroatoms. The van der Waals surface area contributed by atoms with Crippen LogP contribution < -0.4 is 20.7 Å². The number of ketones is 1. The Balaban J connectivity index is 1.66. The van der Waals surface area contributed by atoms with E-state index in [0.717, 1.165) is 18.5 Å². The normalized spacial score (nSPS) is 18.4. The van der Waals surface area contributed by atoms with Gasteiger partial charge in [-0.25, -0.2) is 9.97 Å². The number of pyridine rings is 1. The van der Waals surface area contributed by atoms with Crippen LogP contribution in [0.15, 0.2) is 24.5 Å². The van der Waals surface area contributed by atoms with Crippen molar-refractivity contribution in [1.82, 2.24) is 20.3 Å². The average molecular weight is 409 g/mol. The number of likely N-dealkylation sites (N-methyl/N-ethyl adjacent to an activating group) is 1. The second-order valence-electron chi connectivity index (χ2n) is 7.40. The lowest BCUT2D eigenvalue weighted by atomic mass is 9.72. The van der Waals surface area contributed by atoms with Crippen LogP contribution in [-0.4, -0.2) is 48.0 Å². The fourth-order valence-electron chi connectivity index (χ4n) is 3.22. The number of rotatable bonds is 8. The van der Waals surface area contributed by atoms with Crippen LogP contribution in [0.3, 0.4) is 0 Å². The summed E-state index contributed by atoms with van der Waals surface area (Å²) >= 11 is 0. The second-order valence-corrected chi connectivity index (χ2v) is 7.40. The SMILES string of the molecule is CNc1ncc(C#CC2CC(CC(=O)[C@H](C)NC)C2)c(Nc2ccc(OC)nc2)n1. The number of Topliss-reactive ketones (excluding diaryl/α,β-unsaturated/α-hetero) is 1. The predicted molar refractivity (Wildman–Crippen MR) is 117 cm³/mol. The maximum Gasteiger partial charge on any atom is 0.224 e. The van der Waals surface area contributed by atoms with Crippen molar-refractivity contribution in [3.63, 3.8) is 0 Å². The number of hydrogen-bond donors (Lipinski definition) is 3. The van der Waals surface area contributed by atoms with Gasteiger partial charge >= 0.3 is 0 Å². The average Bonchev–Trinajstić information content (AvgIpc) is 2.75. The molecule has 0 bridgehead atoms. The molecule has 0 amide bonds. The van der Waals surface area contributed by atoms with Crippen molar-refractivity contribution in [2.45, 2.75) is 32.2 Å². The Morgan fingerprint density at radius 1 is 1.27 bits per heavy atom. The summed E-state index contributed by atoms with van der Waals surface area (Å²) < 4.78 is 5.09. The molecule has 1 aliphatic carbocycles. The lowest BCUT2D eigenvalue weighted by Gasteiger charge is -2.32. The highest BCUT2D eigenvalue weighted by Crippen LogP contribution is 2.36. The van der Waals surface area contributed by atoms with Crippen molar-refractivity contribution >= 4 is 23.2 Å². The molecule has 0 unspecified atom stereocenters. The minimum atomic E-state index is -0.0842. The van der Waals surface area contributed by atoms with E-state index >= 15 is 0 Å². The number of carbonyl (C=O) groups is 1. The van der Waals surface area contributed by atoms with E-state index in [1.54, 1.807) is 32.6 Å². The first-order chi connectivity index (χ1) is 14.5. The largest absolute Gasteiger partial charge is 0.481 e. The molecule has 0 saturated heterocycles. The maximum atomic E-state index is 12.0. The molecule has 1 atom stereocenters. The molecular weight excluding hydrogens is 380 g/mol. The standard InChI is InChI=1S/C22H28N6O2/c1-14(23-2)19(29)11-16-9-15(10-16)5-6-17-12-26-22(24-3)28-21(17)27-18-7-8-20(30-4)25-13-18/h7-8,12-16,23H,9-11H2,1-4H3,(H2,24,26,27,28)/t14-,15?,16?/m0/s1. The maximum absolute atomic E-state index is 12.0. The number of anilines is 3. The molecule has 0 spiro atoms. The van der Waals surface area contributed by atoms with Gasteiger partial charge in [-0.15, -0.1) is 0 Å². The third kappa shape index (κ3) is 5.45. The fourth-order valence-corrected chi connectivity index (χ4v) is 3.22. The van der Waals surface area contributed by atoms with E-state index in [0.29, 0.717) is 41.5 Å². The number of hydrogen-bond acceptors (Lipinski definition) is 8. The van der Waals surface area contributed by atoms with Gasteiger partial charge in [0.05, 0.1) is 36.8 Å². The minimum absolute atomic E-state index is 0.0842. The van der Waals surface area contributed by atoms with Gasteiger partial charge < -0.3 is 20.7 Å². The number of nitrogens with one attached hydrogen (secondary N) is 3. The topological polar surface area (TPSA) is 101 Å². The van der Waals surface area contributed by atoms with E-state index in [-0.39, 0.29) is 11.8 Å². The van der Waals surface area contributed by atoms with Crippen LogP contribution in [0.2, 0.25) is 0 Å². The van der Waals surface area contributed by atoms with E-state index in [2.05, 4.69) is 42.7 Å². The summed E-state index contributed by atoms with van der Waals surface area (Å²) in [4.78, 5) is 25.0. The number of carbonyl (C=O) groups excluding carboxylic acids is 1. The highest BCUT2D eigenvalue weighted by molar-refractivity contribution is 5.83. The Labute approximate surface area is 177 Å². The van der Waals surface area contributed by atoms with Gasteiger partial charge in [0.2, 0.25) is 11.8 Å². The van der Waals surface area contributed by atoms with Crippen molar-refractivity contribution in [3.05, 3.63) is 30.1 Å². The minimum Gasteiger partial charge on any atom is -0.481 e. The number of nitrogens with zero attached hydrogens (tertiary/aromatic N) is 3. The number of ether oxygens (including phenoxy) is 1. The summed E-state index contributed by atoms with van der Waals surface area (Å²) in [5, 5.41) is 9.19. The first-order valence-electron chi connectivity index (χ1n) is 10.1. The summed E-state index contributed by atoms with van der Waals surface area (Å²) in [5.74, 6) is 9.18. The molecule has 1 fully saturated rings. The van der Waals surface area contributed by atoms with Gasteiger partial charge in [0.15, 0.2) is 5.82 Å². The van der Waals surface area contributed by atoms with Crippen molar-refractivity contribution in [1.29, 1.82) is 0 Å². The van der Waals surface area contributed by atoms with E-state index in [1.807, 2.05) is 20.0 Å². The molecular formula is C22H28N6O2. The Hall–Kier alpha value is -3.18. The number of methoxy groups -OCH3 is 1. The summed E-state index contributed by atoms with van der Waals surface area (Å²) in [5.41, 5.74) is 1.49. The molecule has 8 nitrogen and oxygen atoms in total. The molecule has 2 aromatic rings. The highest BCUT2D eigenvalue weighted by Gasteiger charge is 2.30. The molecule has 1 saturated carbocycles. The number of aromatic nitrogens is 3. The summed E-state index contributed by atoms with van der Waals surface area (Å²) in [6.07, 6.45) is 5.92. The van der Waals surface area contributed by atoms with Gasteiger partial charge in [0.1, 0.15) is 5.78 Å². The first kappa shape index (κ1) is 21.5. The fraction of sp³-hybridized carbons (Fsp3) is 0.455. The van der Waals surface area contributed by atoms with Crippen molar-refractivity contribution in [3.8, 4) is 17.7 Å². The lowest BCUT2D eigenvalue weighted by Crippen LogP contribution is -2.34. The Kier molecular flexibility index (Phi) is 7.20. The molecule has 0 aliphatic heterocycles. The van der Waals surface area contributed by atoms with Crippen LogP contribution >= 0.6 is 0 Å². The predicted octanol–water partition coefficient (Wildman–Crippen LogP) is 2.61.